The second-order valence-electron chi connectivity index (χ2n) is 5.95. The molecule has 0 unspecified atom stereocenters. The van der Waals surface area contributed by atoms with E-state index in [0.29, 0.717) is 17.3 Å². The van der Waals surface area contributed by atoms with Gasteiger partial charge < -0.3 is 14.6 Å². The lowest BCUT2D eigenvalue weighted by atomic mass is 10.3. The first-order valence-corrected chi connectivity index (χ1v) is 9.55. The third-order valence-electron chi connectivity index (χ3n) is 3.96. The van der Waals surface area contributed by atoms with Crippen LogP contribution in [0.1, 0.15) is 0 Å². The molecule has 2 aromatic heterocycles. The summed E-state index contributed by atoms with van der Waals surface area (Å²) in [6.07, 6.45) is 4.66. The predicted octanol–water partition coefficient (Wildman–Crippen LogP) is 3.89. The van der Waals surface area contributed by atoms with E-state index in [-0.39, 0.29) is 11.7 Å². The quantitative estimate of drug-likeness (QED) is 0.502. The Bertz CT molecular complexity index is 1110. The third kappa shape index (κ3) is 4.12. The molecule has 0 aliphatic heterocycles. The number of anilines is 1. The summed E-state index contributed by atoms with van der Waals surface area (Å²) >= 11 is 1.40. The van der Waals surface area contributed by atoms with E-state index >= 15 is 0 Å². The van der Waals surface area contributed by atoms with Gasteiger partial charge in [-0.15, -0.1) is 0 Å². The molecule has 2 aromatic carbocycles. The summed E-state index contributed by atoms with van der Waals surface area (Å²) in [7, 11) is 1.95. The monoisotopic (exact) mass is 391 g/mol. The topological polar surface area (TPSA) is 81.9 Å². The van der Waals surface area contributed by atoms with Gasteiger partial charge in [0, 0.05) is 31.2 Å². The number of aryl methyl sites for hydroxylation is 1. The van der Waals surface area contributed by atoms with Gasteiger partial charge in [-0.1, -0.05) is 30.0 Å². The Labute approximate surface area is 165 Å². The fourth-order valence-electron chi connectivity index (χ4n) is 2.68. The minimum absolute atomic E-state index is 0.117. The molecule has 28 heavy (non-hydrogen) atoms. The number of imidazole rings is 1. The van der Waals surface area contributed by atoms with Crippen LogP contribution >= 0.6 is 11.8 Å². The summed E-state index contributed by atoms with van der Waals surface area (Å²) in [5.74, 6) is 1.10. The Morgan fingerprint density at radius 1 is 1.18 bits per heavy atom. The van der Waals surface area contributed by atoms with Crippen molar-refractivity contribution in [1.29, 1.82) is 0 Å². The van der Waals surface area contributed by atoms with Crippen molar-refractivity contribution in [1.82, 2.24) is 19.5 Å². The van der Waals surface area contributed by atoms with E-state index in [0.717, 1.165) is 16.2 Å². The molecule has 0 aliphatic carbocycles. The molecule has 0 atom stereocenters. The summed E-state index contributed by atoms with van der Waals surface area (Å²) in [5.41, 5.74) is 2.61. The van der Waals surface area contributed by atoms with E-state index in [1.165, 1.54) is 18.0 Å². The van der Waals surface area contributed by atoms with Crippen molar-refractivity contribution in [2.45, 2.75) is 5.16 Å². The smallest absolute Gasteiger partial charge is 0.237 e. The van der Waals surface area contributed by atoms with Crippen LogP contribution < -0.4 is 10.1 Å². The molecule has 0 fully saturated rings. The van der Waals surface area contributed by atoms with Crippen molar-refractivity contribution in [2.75, 3.05) is 11.1 Å². The van der Waals surface area contributed by atoms with Gasteiger partial charge in [-0.2, -0.15) is 0 Å². The first-order valence-electron chi connectivity index (χ1n) is 8.57. The zero-order valence-electron chi connectivity index (χ0n) is 15.1. The molecule has 1 N–H and O–H groups in total. The largest absolute Gasteiger partial charge is 0.437 e. The summed E-state index contributed by atoms with van der Waals surface area (Å²) in [6, 6.07) is 15.0. The second kappa shape index (κ2) is 8.10. The standard InChI is InChI=1S/C20H17N5O2S/c1-25-17-8-3-2-7-16(17)24-20(25)28-13-18(26)23-14-5-4-6-15(11-14)27-19-12-21-9-10-22-19/h2-12H,13H2,1H3,(H,23,26). The fourth-order valence-corrected chi connectivity index (χ4v) is 3.46. The number of thioether (sulfide) groups is 1. The molecule has 8 heteroatoms. The molecule has 4 aromatic rings. The molecule has 0 saturated carbocycles. The number of carbonyl (C=O) groups excluding carboxylic acids is 1. The number of para-hydroxylation sites is 2. The van der Waals surface area contributed by atoms with Crippen molar-refractivity contribution in [2.24, 2.45) is 7.05 Å². The number of nitrogens with zero attached hydrogens (tertiary/aromatic N) is 4. The van der Waals surface area contributed by atoms with E-state index in [9.17, 15) is 4.79 Å². The maximum atomic E-state index is 12.3. The highest BCUT2D eigenvalue weighted by atomic mass is 32.2. The maximum Gasteiger partial charge on any atom is 0.237 e. The van der Waals surface area contributed by atoms with Crippen LogP contribution in [0.15, 0.2) is 72.3 Å². The normalized spacial score (nSPS) is 10.8. The number of fused-ring (bicyclic) bond motifs is 1. The number of nitrogens with one attached hydrogen (secondary N) is 1. The number of carbonyl (C=O) groups is 1. The number of rotatable bonds is 6. The van der Waals surface area contributed by atoms with Crippen LogP contribution in [-0.4, -0.2) is 31.2 Å². The Balaban J connectivity index is 1.38. The third-order valence-corrected chi connectivity index (χ3v) is 4.99. The van der Waals surface area contributed by atoms with Gasteiger partial charge >= 0.3 is 0 Å². The van der Waals surface area contributed by atoms with Gasteiger partial charge in [-0.3, -0.25) is 9.78 Å². The molecular weight excluding hydrogens is 374 g/mol. The van der Waals surface area contributed by atoms with Crippen LogP contribution in [0, 0.1) is 0 Å². The lowest BCUT2D eigenvalue weighted by molar-refractivity contribution is -0.113. The fraction of sp³-hybridized carbons (Fsp3) is 0.100. The number of ether oxygens (including phenoxy) is 1. The number of aromatic nitrogens is 4. The van der Waals surface area contributed by atoms with E-state index in [1.54, 1.807) is 36.7 Å². The van der Waals surface area contributed by atoms with E-state index in [2.05, 4.69) is 20.3 Å². The van der Waals surface area contributed by atoms with Crippen molar-refractivity contribution < 1.29 is 9.53 Å². The highest BCUT2D eigenvalue weighted by Crippen LogP contribution is 2.24. The van der Waals surface area contributed by atoms with Crippen molar-refractivity contribution in [3.8, 4) is 11.6 Å². The van der Waals surface area contributed by atoms with Crippen LogP contribution in [0.4, 0.5) is 5.69 Å². The molecule has 2 heterocycles. The molecular formula is C20H17N5O2S. The first kappa shape index (κ1) is 18.0. The van der Waals surface area contributed by atoms with Crippen LogP contribution in [0.25, 0.3) is 11.0 Å². The average molecular weight is 391 g/mol. The van der Waals surface area contributed by atoms with Crippen LogP contribution in [0.5, 0.6) is 11.6 Å². The lowest BCUT2D eigenvalue weighted by Gasteiger charge is -2.08. The number of hydrogen-bond donors (Lipinski definition) is 1. The SMILES string of the molecule is Cn1c(SCC(=O)Nc2cccc(Oc3cnccn3)c2)nc2ccccc21. The van der Waals surface area contributed by atoms with Crippen molar-refractivity contribution in [3.05, 3.63) is 67.1 Å². The molecule has 0 aliphatic rings. The summed E-state index contributed by atoms with van der Waals surface area (Å²) in [5, 5.41) is 3.68. The van der Waals surface area contributed by atoms with Gasteiger partial charge in [-0.25, -0.2) is 9.97 Å². The van der Waals surface area contributed by atoms with Crippen LogP contribution in [-0.2, 0) is 11.8 Å². The van der Waals surface area contributed by atoms with E-state index < -0.39 is 0 Å². The minimum atomic E-state index is -0.117. The summed E-state index contributed by atoms with van der Waals surface area (Å²) < 4.78 is 7.62. The zero-order chi connectivity index (χ0) is 19.3. The minimum Gasteiger partial charge on any atom is -0.437 e. The van der Waals surface area contributed by atoms with E-state index in [1.807, 2.05) is 35.9 Å². The van der Waals surface area contributed by atoms with Crippen molar-refractivity contribution in [3.63, 3.8) is 0 Å². The van der Waals surface area contributed by atoms with Crippen LogP contribution in [0.3, 0.4) is 0 Å². The Morgan fingerprint density at radius 3 is 2.89 bits per heavy atom. The molecule has 0 radical (unpaired) electrons. The number of amides is 1. The van der Waals surface area contributed by atoms with Gasteiger partial charge in [-0.05, 0) is 24.3 Å². The molecule has 4 rings (SSSR count). The second-order valence-corrected chi connectivity index (χ2v) is 6.90. The van der Waals surface area contributed by atoms with Gasteiger partial charge in [0.25, 0.3) is 0 Å². The number of hydrogen-bond acceptors (Lipinski definition) is 6. The molecule has 0 saturated heterocycles. The Kier molecular flexibility index (Phi) is 5.20. The highest BCUT2D eigenvalue weighted by molar-refractivity contribution is 7.99. The Morgan fingerprint density at radius 2 is 2.07 bits per heavy atom. The summed E-state index contributed by atoms with van der Waals surface area (Å²) in [6.45, 7) is 0. The maximum absolute atomic E-state index is 12.3. The molecule has 0 spiro atoms. The Hall–Kier alpha value is -3.39. The van der Waals surface area contributed by atoms with Gasteiger partial charge in [0.05, 0.1) is 23.0 Å². The van der Waals surface area contributed by atoms with Crippen LogP contribution in [0.2, 0.25) is 0 Å². The summed E-state index contributed by atoms with van der Waals surface area (Å²) in [4.78, 5) is 24.9. The van der Waals surface area contributed by atoms with Crippen molar-refractivity contribution >= 4 is 34.4 Å². The molecule has 140 valence electrons. The van der Waals surface area contributed by atoms with Gasteiger partial charge in [0.2, 0.25) is 11.8 Å². The van der Waals surface area contributed by atoms with E-state index in [4.69, 9.17) is 4.74 Å². The predicted molar refractivity (Wildman–Crippen MR) is 109 cm³/mol. The number of benzene rings is 2. The molecule has 1 amide bonds. The van der Waals surface area contributed by atoms with Gasteiger partial charge in [0.15, 0.2) is 5.16 Å². The van der Waals surface area contributed by atoms with Gasteiger partial charge in [0.1, 0.15) is 5.75 Å². The zero-order valence-corrected chi connectivity index (χ0v) is 15.9. The highest BCUT2D eigenvalue weighted by Gasteiger charge is 2.11. The molecule has 0 bridgehead atoms. The first-order chi connectivity index (χ1) is 13.7. The molecule has 7 nitrogen and oxygen atoms in total. The average Bonchev–Trinajstić information content (AvgIpc) is 3.03. The lowest BCUT2D eigenvalue weighted by Crippen LogP contribution is -2.14.